The number of pyridine rings is 1. The third-order valence-corrected chi connectivity index (χ3v) is 6.88. The molecular weight excluding hydrogens is 440 g/mol. The predicted molar refractivity (Wildman–Crippen MR) is 128 cm³/mol. The predicted octanol–water partition coefficient (Wildman–Crippen LogP) is 4.12. The highest BCUT2D eigenvalue weighted by Gasteiger charge is 2.47. The zero-order chi connectivity index (χ0) is 23.3. The molecule has 33 heavy (non-hydrogen) atoms. The van der Waals surface area contributed by atoms with Gasteiger partial charge in [-0.2, -0.15) is 0 Å². The van der Waals surface area contributed by atoms with Crippen molar-refractivity contribution in [3.63, 3.8) is 0 Å². The number of nitrogens with one attached hydrogen (secondary N) is 1. The van der Waals surface area contributed by atoms with Gasteiger partial charge in [0.2, 0.25) is 11.8 Å². The van der Waals surface area contributed by atoms with Gasteiger partial charge in [-0.05, 0) is 62.9 Å². The molecule has 0 radical (unpaired) electrons. The van der Waals surface area contributed by atoms with Crippen LogP contribution in [0, 0.1) is 0 Å². The number of likely N-dealkylation sites (tertiary alicyclic amines) is 1. The molecule has 4 rings (SSSR count). The second-order valence-electron chi connectivity index (χ2n) is 8.79. The smallest absolute Gasteiger partial charge is 0.245 e. The van der Waals surface area contributed by atoms with Gasteiger partial charge in [0.15, 0.2) is 0 Å². The average Bonchev–Trinajstić information content (AvgIpc) is 3.21. The minimum absolute atomic E-state index is 0.00677. The number of carbonyl (C=O) groups excluding carboxylic acids is 2. The molecule has 1 saturated heterocycles. The summed E-state index contributed by atoms with van der Waals surface area (Å²) in [7, 11) is 0. The summed E-state index contributed by atoms with van der Waals surface area (Å²) < 4.78 is 5.97. The summed E-state index contributed by atoms with van der Waals surface area (Å²) in [4.78, 5) is 34.4. The van der Waals surface area contributed by atoms with Crippen molar-refractivity contribution >= 4 is 29.1 Å². The highest BCUT2D eigenvalue weighted by molar-refractivity contribution is 6.30. The Hall–Kier alpha value is -2.64. The lowest BCUT2D eigenvalue weighted by atomic mass is 9.88. The first-order valence-electron chi connectivity index (χ1n) is 11.6. The molecular formula is C25H31ClN4O3. The minimum atomic E-state index is -0.635. The minimum Gasteiger partial charge on any atom is -0.490 e. The topological polar surface area (TPSA) is 74.8 Å². The Bertz CT molecular complexity index is 984. The van der Waals surface area contributed by atoms with E-state index in [2.05, 4.69) is 15.2 Å². The van der Waals surface area contributed by atoms with Crippen LogP contribution >= 0.6 is 11.6 Å². The van der Waals surface area contributed by atoms with Crippen LogP contribution in [-0.2, 0) is 16.1 Å². The lowest BCUT2D eigenvalue weighted by Gasteiger charge is -2.37. The average molecular weight is 471 g/mol. The van der Waals surface area contributed by atoms with Crippen LogP contribution in [0.5, 0.6) is 5.75 Å². The summed E-state index contributed by atoms with van der Waals surface area (Å²) >= 11 is 6.01. The molecule has 7 nitrogen and oxygen atoms in total. The van der Waals surface area contributed by atoms with E-state index in [4.69, 9.17) is 16.3 Å². The van der Waals surface area contributed by atoms with Crippen molar-refractivity contribution in [3.05, 3.63) is 53.3 Å². The summed E-state index contributed by atoms with van der Waals surface area (Å²) in [6.07, 6.45) is 5.79. The Kier molecular flexibility index (Phi) is 7.50. The number of ether oxygens (including phenoxy) is 1. The summed E-state index contributed by atoms with van der Waals surface area (Å²) in [5.41, 5.74) is 0.915. The molecule has 2 amide bonds. The zero-order valence-electron chi connectivity index (χ0n) is 19.1. The fourth-order valence-electron chi connectivity index (χ4n) is 4.86. The normalized spacial score (nSPS) is 22.5. The molecule has 0 saturated carbocycles. The highest BCUT2D eigenvalue weighted by atomic mass is 35.5. The van der Waals surface area contributed by atoms with E-state index in [1.54, 1.807) is 13.1 Å². The molecule has 1 fully saturated rings. The fraction of sp³-hybridized carbons (Fsp3) is 0.480. The molecule has 0 bridgehead atoms. The van der Waals surface area contributed by atoms with Gasteiger partial charge >= 0.3 is 0 Å². The number of carbonyl (C=O) groups is 2. The lowest BCUT2D eigenvalue weighted by Crippen LogP contribution is -2.53. The quantitative estimate of drug-likeness (QED) is 0.714. The zero-order valence-corrected chi connectivity index (χ0v) is 19.8. The van der Waals surface area contributed by atoms with Crippen LogP contribution in [0.4, 0.5) is 5.69 Å². The molecule has 3 heterocycles. The van der Waals surface area contributed by atoms with E-state index in [0.29, 0.717) is 42.7 Å². The molecule has 0 aliphatic carbocycles. The molecule has 1 aromatic carbocycles. The van der Waals surface area contributed by atoms with Gasteiger partial charge in [-0.15, -0.1) is 0 Å². The Morgan fingerprint density at radius 2 is 1.94 bits per heavy atom. The summed E-state index contributed by atoms with van der Waals surface area (Å²) in [6, 6.07) is 11.2. The molecule has 1 spiro atoms. The summed E-state index contributed by atoms with van der Waals surface area (Å²) in [6.45, 7) is 4.58. The van der Waals surface area contributed by atoms with Crippen LogP contribution in [0.1, 0.15) is 44.7 Å². The number of anilines is 1. The van der Waals surface area contributed by atoms with Crippen molar-refractivity contribution in [2.24, 2.45) is 0 Å². The van der Waals surface area contributed by atoms with Crippen LogP contribution in [0.2, 0.25) is 5.02 Å². The van der Waals surface area contributed by atoms with Gasteiger partial charge in [-0.25, -0.2) is 0 Å². The van der Waals surface area contributed by atoms with Gasteiger partial charge in [0.1, 0.15) is 17.9 Å². The van der Waals surface area contributed by atoms with E-state index < -0.39 is 5.54 Å². The van der Waals surface area contributed by atoms with Crippen LogP contribution < -0.4 is 10.1 Å². The molecule has 2 aromatic rings. The third-order valence-electron chi connectivity index (χ3n) is 6.66. The number of hydrogen-bond donors (Lipinski definition) is 1. The number of para-hydroxylation sites is 2. The van der Waals surface area contributed by atoms with E-state index >= 15 is 0 Å². The van der Waals surface area contributed by atoms with E-state index in [1.807, 2.05) is 41.3 Å². The number of benzene rings is 1. The maximum Gasteiger partial charge on any atom is 0.245 e. The number of nitrogens with zero attached hydrogens (tertiary/aromatic N) is 3. The number of fused-ring (bicyclic) bond motifs is 1. The largest absolute Gasteiger partial charge is 0.490 e. The second kappa shape index (κ2) is 10.5. The Labute approximate surface area is 200 Å². The molecule has 0 unspecified atom stereocenters. The van der Waals surface area contributed by atoms with Crippen molar-refractivity contribution in [3.8, 4) is 5.75 Å². The van der Waals surface area contributed by atoms with Crippen LogP contribution in [0.15, 0.2) is 42.6 Å². The van der Waals surface area contributed by atoms with Gasteiger partial charge in [-0.3, -0.25) is 19.5 Å². The van der Waals surface area contributed by atoms with E-state index in [9.17, 15) is 9.59 Å². The van der Waals surface area contributed by atoms with E-state index in [0.717, 1.165) is 44.3 Å². The number of halogens is 1. The third kappa shape index (κ3) is 5.47. The molecule has 176 valence electrons. The highest BCUT2D eigenvalue weighted by Crippen LogP contribution is 2.37. The number of amides is 2. The summed E-state index contributed by atoms with van der Waals surface area (Å²) in [5.74, 6) is 0.655. The van der Waals surface area contributed by atoms with Gasteiger partial charge in [0, 0.05) is 26.2 Å². The first kappa shape index (κ1) is 23.5. The van der Waals surface area contributed by atoms with Crippen molar-refractivity contribution in [1.82, 2.24) is 14.8 Å². The Morgan fingerprint density at radius 1 is 1.12 bits per heavy atom. The molecule has 2 aliphatic rings. The number of rotatable bonds is 2. The van der Waals surface area contributed by atoms with Gasteiger partial charge in [-0.1, -0.05) is 23.7 Å². The van der Waals surface area contributed by atoms with Crippen LogP contribution in [0.3, 0.4) is 0 Å². The van der Waals surface area contributed by atoms with Crippen molar-refractivity contribution in [1.29, 1.82) is 0 Å². The van der Waals surface area contributed by atoms with Crippen LogP contribution in [0.25, 0.3) is 0 Å². The summed E-state index contributed by atoms with van der Waals surface area (Å²) in [5, 5.41) is 3.76. The second-order valence-corrected chi connectivity index (χ2v) is 9.22. The lowest BCUT2D eigenvalue weighted by molar-refractivity contribution is -0.130. The Morgan fingerprint density at radius 3 is 2.73 bits per heavy atom. The molecule has 1 atom stereocenters. The Balaban J connectivity index is 1.62. The molecule has 1 N–H and O–H groups in total. The van der Waals surface area contributed by atoms with Gasteiger partial charge in [0.25, 0.3) is 0 Å². The molecule has 8 heteroatoms. The van der Waals surface area contributed by atoms with E-state index in [1.165, 1.54) is 0 Å². The maximum atomic E-state index is 13.8. The first-order valence-corrected chi connectivity index (χ1v) is 12.0. The SMILES string of the molecule is CC(=O)N1CCCC[C@@]2(CCCN2Cc2ccc(Cl)cn2)C(=O)Nc2ccccc2OCC1. The molecule has 2 aliphatic heterocycles. The van der Waals surface area contributed by atoms with Crippen molar-refractivity contribution in [2.75, 3.05) is 31.6 Å². The number of hydrogen-bond acceptors (Lipinski definition) is 5. The van der Waals surface area contributed by atoms with Crippen molar-refractivity contribution < 1.29 is 14.3 Å². The number of aromatic nitrogens is 1. The maximum absolute atomic E-state index is 13.8. The monoisotopic (exact) mass is 470 g/mol. The van der Waals surface area contributed by atoms with Crippen molar-refractivity contribution in [2.45, 2.75) is 51.1 Å². The molecule has 1 aromatic heterocycles. The van der Waals surface area contributed by atoms with Gasteiger partial charge < -0.3 is 15.0 Å². The van der Waals surface area contributed by atoms with E-state index in [-0.39, 0.29) is 11.8 Å². The van der Waals surface area contributed by atoms with Crippen LogP contribution in [-0.4, -0.2) is 58.4 Å². The van der Waals surface area contributed by atoms with Gasteiger partial charge in [0.05, 0.1) is 22.9 Å². The fourth-order valence-corrected chi connectivity index (χ4v) is 4.97. The standard InChI is InChI=1S/C25H31ClN4O3/c1-19(31)29-13-5-4-11-25(12-6-14-30(25)18-21-10-9-20(26)17-27-21)24(32)28-22-7-2-3-8-23(22)33-16-15-29/h2-3,7-10,17H,4-6,11-16,18H2,1H3,(H,28,32)/t25-/m1/s1. The first-order chi connectivity index (χ1) is 16.0.